The van der Waals surface area contributed by atoms with E-state index in [-0.39, 0.29) is 5.78 Å². The second-order valence-electron chi connectivity index (χ2n) is 7.26. The maximum Gasteiger partial charge on any atom is 0.134 e. The Labute approximate surface area is 164 Å². The van der Waals surface area contributed by atoms with E-state index in [1.165, 1.54) is 22.3 Å². The van der Waals surface area contributed by atoms with E-state index in [4.69, 9.17) is 0 Å². The van der Waals surface area contributed by atoms with Crippen LogP contribution in [0.1, 0.15) is 42.0 Å². The predicted octanol–water partition coefficient (Wildman–Crippen LogP) is 6.10. The summed E-state index contributed by atoms with van der Waals surface area (Å²) >= 11 is 0. The minimum absolute atomic E-state index is 0.160. The molecule has 2 nitrogen and oxygen atoms in total. The SMILES string of the molecule is C=C/C(CC(C)=O)=C(/CCc1cccc(C)c1C)N(C)c1ccccc1C. The average molecular weight is 362 g/mol. The summed E-state index contributed by atoms with van der Waals surface area (Å²) in [5.74, 6) is 0.160. The fourth-order valence-corrected chi connectivity index (χ4v) is 3.52. The van der Waals surface area contributed by atoms with Gasteiger partial charge in [-0.25, -0.2) is 0 Å². The molecule has 0 spiro atoms. The number of carbonyl (C=O) groups excluding carboxylic acids is 1. The first-order chi connectivity index (χ1) is 12.8. The van der Waals surface area contributed by atoms with Crippen LogP contribution >= 0.6 is 0 Å². The second kappa shape index (κ2) is 9.36. The first-order valence-corrected chi connectivity index (χ1v) is 9.53. The van der Waals surface area contributed by atoms with E-state index in [1.807, 2.05) is 6.08 Å². The third-order valence-electron chi connectivity index (χ3n) is 5.29. The summed E-state index contributed by atoms with van der Waals surface area (Å²) in [6, 6.07) is 14.8. The van der Waals surface area contributed by atoms with Crippen LogP contribution in [0, 0.1) is 20.8 Å². The molecule has 2 aromatic rings. The first-order valence-electron chi connectivity index (χ1n) is 9.53. The smallest absolute Gasteiger partial charge is 0.134 e. The van der Waals surface area contributed by atoms with E-state index < -0.39 is 0 Å². The van der Waals surface area contributed by atoms with Crippen molar-refractivity contribution < 1.29 is 4.79 Å². The van der Waals surface area contributed by atoms with Gasteiger partial charge in [-0.2, -0.15) is 0 Å². The lowest BCUT2D eigenvalue weighted by molar-refractivity contribution is -0.116. The number of anilines is 1. The molecule has 0 heterocycles. The summed E-state index contributed by atoms with van der Waals surface area (Å²) in [6.45, 7) is 12.1. The lowest BCUT2D eigenvalue weighted by Gasteiger charge is -2.27. The van der Waals surface area contributed by atoms with Gasteiger partial charge in [0.05, 0.1) is 0 Å². The molecule has 0 saturated heterocycles. The summed E-state index contributed by atoms with van der Waals surface area (Å²) in [5, 5.41) is 0. The van der Waals surface area contributed by atoms with Crippen molar-refractivity contribution in [1.82, 2.24) is 0 Å². The summed E-state index contributed by atoms with van der Waals surface area (Å²) in [4.78, 5) is 14.0. The van der Waals surface area contributed by atoms with Crippen molar-refractivity contribution in [2.24, 2.45) is 0 Å². The number of allylic oxidation sites excluding steroid dienone is 3. The van der Waals surface area contributed by atoms with Crippen molar-refractivity contribution in [3.05, 3.63) is 88.6 Å². The van der Waals surface area contributed by atoms with Gasteiger partial charge in [0.25, 0.3) is 0 Å². The number of ketones is 1. The summed E-state index contributed by atoms with van der Waals surface area (Å²) in [6.07, 6.45) is 4.06. The minimum Gasteiger partial charge on any atom is -0.348 e. The molecule has 2 heteroatoms. The molecule has 27 heavy (non-hydrogen) atoms. The highest BCUT2D eigenvalue weighted by atomic mass is 16.1. The molecular weight excluding hydrogens is 330 g/mol. The Morgan fingerprint density at radius 3 is 2.33 bits per heavy atom. The molecule has 142 valence electrons. The molecule has 0 aliphatic heterocycles. The quantitative estimate of drug-likeness (QED) is 0.529. The van der Waals surface area contributed by atoms with E-state index >= 15 is 0 Å². The summed E-state index contributed by atoms with van der Waals surface area (Å²) in [5.41, 5.74) is 8.58. The molecule has 0 atom stereocenters. The van der Waals surface area contributed by atoms with Gasteiger partial charge >= 0.3 is 0 Å². The number of rotatable bonds is 8. The van der Waals surface area contributed by atoms with Gasteiger partial charge in [-0.1, -0.05) is 49.1 Å². The van der Waals surface area contributed by atoms with Crippen LogP contribution in [0.2, 0.25) is 0 Å². The molecular formula is C25H31NO. The molecule has 0 unspecified atom stereocenters. The van der Waals surface area contributed by atoms with Crippen LogP contribution in [0.4, 0.5) is 5.69 Å². The van der Waals surface area contributed by atoms with Gasteiger partial charge < -0.3 is 4.90 Å². The molecule has 0 amide bonds. The van der Waals surface area contributed by atoms with Gasteiger partial charge in [0.1, 0.15) is 5.78 Å². The maximum atomic E-state index is 11.8. The molecule has 0 saturated carbocycles. The van der Waals surface area contributed by atoms with Crippen molar-refractivity contribution in [3.63, 3.8) is 0 Å². The van der Waals surface area contributed by atoms with E-state index in [9.17, 15) is 4.79 Å². The van der Waals surface area contributed by atoms with Crippen molar-refractivity contribution in [2.45, 2.75) is 47.0 Å². The zero-order valence-corrected chi connectivity index (χ0v) is 17.3. The average Bonchev–Trinajstić information content (AvgIpc) is 2.64. The third kappa shape index (κ3) is 5.19. The van der Waals surface area contributed by atoms with Gasteiger partial charge in [-0.15, -0.1) is 0 Å². The van der Waals surface area contributed by atoms with Crippen LogP contribution in [0.3, 0.4) is 0 Å². The van der Waals surface area contributed by atoms with Crippen molar-refractivity contribution in [2.75, 3.05) is 11.9 Å². The zero-order chi connectivity index (χ0) is 20.0. The molecule has 0 N–H and O–H groups in total. The third-order valence-corrected chi connectivity index (χ3v) is 5.29. The number of para-hydroxylation sites is 1. The van der Waals surface area contributed by atoms with Gasteiger partial charge in [0, 0.05) is 24.9 Å². The normalized spacial score (nSPS) is 11.7. The number of nitrogens with zero attached hydrogens (tertiary/aromatic N) is 1. The van der Waals surface area contributed by atoms with E-state index in [0.29, 0.717) is 6.42 Å². The van der Waals surface area contributed by atoms with Crippen LogP contribution < -0.4 is 4.90 Å². The van der Waals surface area contributed by atoms with Crippen LogP contribution in [0.25, 0.3) is 0 Å². The Morgan fingerprint density at radius 2 is 1.70 bits per heavy atom. The van der Waals surface area contributed by atoms with E-state index in [0.717, 1.165) is 29.8 Å². The molecule has 2 aromatic carbocycles. The minimum atomic E-state index is 0.160. The molecule has 0 aliphatic carbocycles. The van der Waals surface area contributed by atoms with Crippen LogP contribution in [0.15, 0.2) is 66.4 Å². The standard InChI is InChI=1S/C25H31NO/c1-7-22(17-20(4)27)25(26(6)24-14-9-8-11-19(24)3)16-15-23-13-10-12-18(2)21(23)5/h7-14H,1,15-17H2,2-6H3/b25-22+. The number of benzene rings is 2. The molecule has 0 aromatic heterocycles. The molecule has 0 bridgehead atoms. The molecule has 0 aliphatic rings. The summed E-state index contributed by atoms with van der Waals surface area (Å²) < 4.78 is 0. The van der Waals surface area contributed by atoms with Crippen LogP contribution in [-0.4, -0.2) is 12.8 Å². The number of hydrogen-bond acceptors (Lipinski definition) is 2. The van der Waals surface area contributed by atoms with Gasteiger partial charge in [0.15, 0.2) is 0 Å². The molecule has 0 fully saturated rings. The van der Waals surface area contributed by atoms with Gasteiger partial charge in [-0.3, -0.25) is 4.79 Å². The molecule has 2 rings (SSSR count). The second-order valence-corrected chi connectivity index (χ2v) is 7.26. The Morgan fingerprint density at radius 1 is 1.04 bits per heavy atom. The lowest BCUT2D eigenvalue weighted by atomic mass is 9.96. The van der Waals surface area contributed by atoms with Crippen molar-refractivity contribution >= 4 is 11.5 Å². The first kappa shape index (κ1) is 20.7. The van der Waals surface area contributed by atoms with Gasteiger partial charge in [0.2, 0.25) is 0 Å². The van der Waals surface area contributed by atoms with Crippen molar-refractivity contribution in [3.8, 4) is 0 Å². The monoisotopic (exact) mass is 361 g/mol. The zero-order valence-electron chi connectivity index (χ0n) is 17.3. The Bertz CT molecular complexity index is 860. The van der Waals surface area contributed by atoms with E-state index in [1.54, 1.807) is 6.92 Å². The number of hydrogen-bond donors (Lipinski definition) is 0. The highest BCUT2D eigenvalue weighted by Crippen LogP contribution is 2.28. The fourth-order valence-electron chi connectivity index (χ4n) is 3.52. The predicted molar refractivity (Wildman–Crippen MR) is 116 cm³/mol. The van der Waals surface area contributed by atoms with Crippen molar-refractivity contribution in [1.29, 1.82) is 0 Å². The highest BCUT2D eigenvalue weighted by Gasteiger charge is 2.15. The largest absolute Gasteiger partial charge is 0.348 e. The van der Waals surface area contributed by atoms with Crippen LogP contribution in [0.5, 0.6) is 0 Å². The Kier molecular flexibility index (Phi) is 7.18. The number of Topliss-reactive ketones (excluding diaryl/α,β-unsaturated/α-hetero) is 1. The Balaban J connectivity index is 2.42. The Hall–Kier alpha value is -2.61. The van der Waals surface area contributed by atoms with Gasteiger partial charge in [-0.05, 0) is 74.4 Å². The number of carbonyl (C=O) groups is 1. The lowest BCUT2D eigenvalue weighted by Crippen LogP contribution is -2.20. The summed E-state index contributed by atoms with van der Waals surface area (Å²) in [7, 11) is 2.09. The number of aryl methyl sites for hydroxylation is 3. The highest BCUT2D eigenvalue weighted by molar-refractivity contribution is 5.79. The van der Waals surface area contributed by atoms with Crippen LogP contribution in [-0.2, 0) is 11.2 Å². The fraction of sp³-hybridized carbons (Fsp3) is 0.320. The van der Waals surface area contributed by atoms with E-state index in [2.05, 4.69) is 81.8 Å². The topological polar surface area (TPSA) is 20.3 Å². The molecule has 0 radical (unpaired) electrons. The maximum absolute atomic E-state index is 11.8.